The van der Waals surface area contributed by atoms with Crippen molar-refractivity contribution in [2.45, 2.75) is 27.3 Å². The molecule has 0 saturated carbocycles. The zero-order valence-corrected chi connectivity index (χ0v) is 16.0. The fourth-order valence-electron chi connectivity index (χ4n) is 2.74. The number of hydrogen-bond acceptors (Lipinski definition) is 5. The Kier molecular flexibility index (Phi) is 4.71. The van der Waals surface area contributed by atoms with Gasteiger partial charge in [0, 0.05) is 16.8 Å². The third-order valence-electron chi connectivity index (χ3n) is 4.04. The fraction of sp³-hybridized carbons (Fsp3) is 0.294. The number of halogens is 1. The molecule has 0 fully saturated rings. The van der Waals surface area contributed by atoms with Crippen LogP contribution in [0.2, 0.25) is 0 Å². The minimum Gasteiger partial charge on any atom is -0.496 e. The van der Waals surface area contributed by atoms with Crippen molar-refractivity contribution in [3.8, 4) is 17.3 Å². The molecule has 8 heteroatoms. The standard InChI is InChI=1S/C17H18BrN5O2/c1-5-23-21-17(20-22-23)15-9(2)14(10(3)19-15)16(24)11-6-7-13(25-4)12(18)8-11/h6-8,19H,5H2,1-4H3. The van der Waals surface area contributed by atoms with Crippen LogP contribution in [-0.4, -0.2) is 38.1 Å². The predicted octanol–water partition coefficient (Wildman–Crippen LogP) is 3.31. The Morgan fingerprint density at radius 1 is 1.36 bits per heavy atom. The quantitative estimate of drug-likeness (QED) is 0.660. The van der Waals surface area contributed by atoms with Gasteiger partial charge in [-0.3, -0.25) is 4.79 Å². The lowest BCUT2D eigenvalue weighted by Gasteiger charge is -2.06. The number of carbonyl (C=O) groups excluding carboxylic acids is 1. The summed E-state index contributed by atoms with van der Waals surface area (Å²) in [5, 5.41) is 12.3. The number of ether oxygens (including phenoxy) is 1. The molecule has 2 heterocycles. The highest BCUT2D eigenvalue weighted by atomic mass is 79.9. The van der Waals surface area contributed by atoms with Gasteiger partial charge in [-0.25, -0.2) is 0 Å². The van der Waals surface area contributed by atoms with E-state index in [2.05, 4.69) is 36.3 Å². The first-order chi connectivity index (χ1) is 12.0. The second kappa shape index (κ2) is 6.79. The first-order valence-electron chi connectivity index (χ1n) is 7.81. The van der Waals surface area contributed by atoms with Crippen LogP contribution in [-0.2, 0) is 6.54 Å². The number of aryl methyl sites for hydroxylation is 2. The van der Waals surface area contributed by atoms with E-state index < -0.39 is 0 Å². The molecule has 0 atom stereocenters. The Labute approximate surface area is 153 Å². The van der Waals surface area contributed by atoms with E-state index in [4.69, 9.17) is 4.74 Å². The zero-order valence-electron chi connectivity index (χ0n) is 14.4. The maximum Gasteiger partial charge on any atom is 0.221 e. The highest BCUT2D eigenvalue weighted by molar-refractivity contribution is 9.10. The molecular weight excluding hydrogens is 386 g/mol. The number of nitrogens with one attached hydrogen (secondary N) is 1. The first-order valence-corrected chi connectivity index (χ1v) is 8.61. The maximum atomic E-state index is 13.0. The van der Waals surface area contributed by atoms with Gasteiger partial charge in [-0.15, -0.1) is 10.2 Å². The normalized spacial score (nSPS) is 10.9. The Morgan fingerprint density at radius 3 is 2.72 bits per heavy atom. The van der Waals surface area contributed by atoms with Crippen LogP contribution in [0.25, 0.3) is 11.5 Å². The molecule has 25 heavy (non-hydrogen) atoms. The molecule has 130 valence electrons. The predicted molar refractivity (Wildman–Crippen MR) is 96.9 cm³/mol. The molecule has 3 rings (SSSR count). The van der Waals surface area contributed by atoms with Crippen molar-refractivity contribution in [3.05, 3.63) is 45.1 Å². The number of methoxy groups -OCH3 is 1. The molecule has 0 aliphatic carbocycles. The Bertz CT molecular complexity index is 945. The number of aromatic nitrogens is 5. The smallest absolute Gasteiger partial charge is 0.221 e. The van der Waals surface area contributed by atoms with Crippen LogP contribution in [0.1, 0.15) is 34.1 Å². The van der Waals surface area contributed by atoms with Gasteiger partial charge in [-0.2, -0.15) is 4.80 Å². The van der Waals surface area contributed by atoms with Gasteiger partial charge in [-0.1, -0.05) is 0 Å². The molecule has 1 aromatic carbocycles. The van der Waals surface area contributed by atoms with Gasteiger partial charge in [0.1, 0.15) is 5.75 Å². The average molecular weight is 404 g/mol. The van der Waals surface area contributed by atoms with Gasteiger partial charge >= 0.3 is 0 Å². The van der Waals surface area contributed by atoms with Crippen LogP contribution in [0.3, 0.4) is 0 Å². The van der Waals surface area contributed by atoms with Gasteiger partial charge < -0.3 is 9.72 Å². The van der Waals surface area contributed by atoms with Crippen LogP contribution < -0.4 is 4.74 Å². The summed E-state index contributed by atoms with van der Waals surface area (Å²) in [6, 6.07) is 5.28. The molecule has 0 unspecified atom stereocenters. The summed E-state index contributed by atoms with van der Waals surface area (Å²) in [7, 11) is 1.59. The monoisotopic (exact) mass is 403 g/mol. The summed E-state index contributed by atoms with van der Waals surface area (Å²) in [5.41, 5.74) is 3.50. The van der Waals surface area contributed by atoms with Crippen molar-refractivity contribution in [3.63, 3.8) is 0 Å². The molecule has 0 bridgehead atoms. The second-order valence-electron chi connectivity index (χ2n) is 5.61. The van der Waals surface area contributed by atoms with Gasteiger partial charge in [0.05, 0.1) is 23.8 Å². The van der Waals surface area contributed by atoms with Crippen LogP contribution >= 0.6 is 15.9 Å². The van der Waals surface area contributed by atoms with E-state index in [1.54, 1.807) is 25.3 Å². The van der Waals surface area contributed by atoms with E-state index in [-0.39, 0.29) is 5.78 Å². The minimum absolute atomic E-state index is 0.0660. The number of carbonyl (C=O) groups is 1. The van der Waals surface area contributed by atoms with Crippen molar-refractivity contribution in [2.24, 2.45) is 0 Å². The molecule has 1 N–H and O–H groups in total. The fourth-order valence-corrected chi connectivity index (χ4v) is 3.28. The Balaban J connectivity index is 2.02. The average Bonchev–Trinajstić information content (AvgIpc) is 3.18. The van der Waals surface area contributed by atoms with Crippen molar-refractivity contribution >= 4 is 21.7 Å². The third kappa shape index (κ3) is 3.09. The van der Waals surface area contributed by atoms with E-state index in [9.17, 15) is 4.79 Å². The molecule has 0 amide bonds. The number of rotatable bonds is 5. The lowest BCUT2D eigenvalue weighted by Crippen LogP contribution is -2.04. The molecule has 7 nitrogen and oxygen atoms in total. The highest BCUT2D eigenvalue weighted by Gasteiger charge is 2.23. The molecule has 2 aromatic heterocycles. The number of ketones is 1. The summed E-state index contributed by atoms with van der Waals surface area (Å²) in [6.45, 7) is 6.33. The SMILES string of the molecule is CCn1nnc(-c2[nH]c(C)c(C(=O)c3ccc(OC)c(Br)c3)c2C)n1. The van der Waals surface area contributed by atoms with Crippen molar-refractivity contribution < 1.29 is 9.53 Å². The van der Waals surface area contributed by atoms with Crippen molar-refractivity contribution in [1.82, 2.24) is 25.2 Å². The molecule has 0 radical (unpaired) electrons. The van der Waals surface area contributed by atoms with Crippen LogP contribution in [0, 0.1) is 13.8 Å². The van der Waals surface area contributed by atoms with E-state index in [0.29, 0.717) is 34.9 Å². The zero-order chi connectivity index (χ0) is 18.1. The number of hydrogen-bond donors (Lipinski definition) is 1. The van der Waals surface area contributed by atoms with Gasteiger partial charge in [0.15, 0.2) is 5.78 Å². The number of nitrogens with zero attached hydrogens (tertiary/aromatic N) is 4. The summed E-state index contributed by atoms with van der Waals surface area (Å²) in [5.74, 6) is 1.10. The van der Waals surface area contributed by atoms with Crippen LogP contribution in [0.15, 0.2) is 22.7 Å². The largest absolute Gasteiger partial charge is 0.496 e. The Hall–Kier alpha value is -2.48. The molecule has 0 aliphatic heterocycles. The lowest BCUT2D eigenvalue weighted by atomic mass is 9.99. The van der Waals surface area contributed by atoms with Crippen LogP contribution in [0.4, 0.5) is 0 Å². The summed E-state index contributed by atoms with van der Waals surface area (Å²) in [4.78, 5) is 17.7. The lowest BCUT2D eigenvalue weighted by molar-refractivity contribution is 0.103. The topological polar surface area (TPSA) is 85.7 Å². The maximum absolute atomic E-state index is 13.0. The summed E-state index contributed by atoms with van der Waals surface area (Å²) < 4.78 is 5.95. The van der Waals surface area contributed by atoms with Crippen LogP contribution in [0.5, 0.6) is 5.75 Å². The molecular formula is C17H18BrN5O2. The highest BCUT2D eigenvalue weighted by Crippen LogP contribution is 2.30. The van der Waals surface area contributed by atoms with E-state index in [1.807, 2.05) is 20.8 Å². The second-order valence-corrected chi connectivity index (χ2v) is 6.46. The van der Waals surface area contributed by atoms with Gasteiger partial charge in [0.25, 0.3) is 0 Å². The van der Waals surface area contributed by atoms with E-state index >= 15 is 0 Å². The van der Waals surface area contributed by atoms with Crippen molar-refractivity contribution in [1.29, 1.82) is 0 Å². The number of tetrazole rings is 1. The third-order valence-corrected chi connectivity index (χ3v) is 4.66. The number of aromatic amines is 1. The Morgan fingerprint density at radius 2 is 2.12 bits per heavy atom. The van der Waals surface area contributed by atoms with Gasteiger partial charge in [-0.05, 0) is 65.7 Å². The van der Waals surface area contributed by atoms with E-state index in [0.717, 1.165) is 15.7 Å². The molecule has 3 aromatic rings. The minimum atomic E-state index is -0.0660. The summed E-state index contributed by atoms with van der Waals surface area (Å²) >= 11 is 3.42. The van der Waals surface area contributed by atoms with Gasteiger partial charge in [0.2, 0.25) is 5.82 Å². The first kappa shape index (κ1) is 17.3. The summed E-state index contributed by atoms with van der Waals surface area (Å²) in [6.07, 6.45) is 0. The van der Waals surface area contributed by atoms with Crippen molar-refractivity contribution in [2.75, 3.05) is 7.11 Å². The number of benzene rings is 1. The van der Waals surface area contributed by atoms with E-state index in [1.165, 1.54) is 4.80 Å². The molecule has 0 aliphatic rings. The molecule has 0 saturated heterocycles. The number of H-pyrrole nitrogens is 1. The molecule has 0 spiro atoms.